The first-order chi connectivity index (χ1) is 11.7. The summed E-state index contributed by atoms with van der Waals surface area (Å²) in [7, 11) is 0. The summed E-state index contributed by atoms with van der Waals surface area (Å²) < 4.78 is 5.99. The zero-order chi connectivity index (χ0) is 16.8. The third-order valence-corrected chi connectivity index (χ3v) is 4.31. The Balaban J connectivity index is 1.45. The van der Waals surface area contributed by atoms with E-state index in [1.54, 1.807) is 6.07 Å². The third kappa shape index (κ3) is 4.32. The van der Waals surface area contributed by atoms with E-state index in [0.29, 0.717) is 0 Å². The van der Waals surface area contributed by atoms with Crippen molar-refractivity contribution in [2.45, 2.75) is 25.4 Å². The Labute approximate surface area is 141 Å². The molecule has 1 N–H and O–H groups in total. The Morgan fingerprint density at radius 1 is 1.12 bits per heavy atom. The molecule has 1 aromatic carbocycles. The van der Waals surface area contributed by atoms with Gasteiger partial charge in [0.25, 0.3) is 0 Å². The minimum Gasteiger partial charge on any atom is -0.477 e. The van der Waals surface area contributed by atoms with E-state index in [9.17, 15) is 4.79 Å². The lowest BCUT2D eigenvalue weighted by molar-refractivity contribution is 0.0389. The molecule has 0 amide bonds. The summed E-state index contributed by atoms with van der Waals surface area (Å²) >= 11 is 0. The molecule has 1 aromatic heterocycles. The van der Waals surface area contributed by atoms with Crippen molar-refractivity contribution < 1.29 is 14.6 Å². The number of anilines is 1. The van der Waals surface area contributed by atoms with Gasteiger partial charge >= 0.3 is 5.97 Å². The van der Waals surface area contributed by atoms with E-state index >= 15 is 0 Å². The van der Waals surface area contributed by atoms with Crippen molar-refractivity contribution in [2.24, 2.45) is 0 Å². The van der Waals surface area contributed by atoms with Crippen molar-refractivity contribution in [1.82, 2.24) is 4.98 Å². The van der Waals surface area contributed by atoms with Gasteiger partial charge in [-0.05, 0) is 37.0 Å². The van der Waals surface area contributed by atoms with Crippen molar-refractivity contribution in [2.75, 3.05) is 24.6 Å². The number of aromatic carboxylic acids is 1. The number of nitrogens with zero attached hydrogens (tertiary/aromatic N) is 2. The summed E-state index contributed by atoms with van der Waals surface area (Å²) in [5, 5.41) is 9.04. The summed E-state index contributed by atoms with van der Waals surface area (Å²) in [5.74, 6) is -0.256. The fourth-order valence-corrected chi connectivity index (χ4v) is 2.96. The number of carbonyl (C=O) groups is 1. The highest BCUT2D eigenvalue weighted by Crippen LogP contribution is 2.20. The molecule has 0 aliphatic carbocycles. The second-order valence-corrected chi connectivity index (χ2v) is 5.98. The molecule has 24 heavy (non-hydrogen) atoms. The van der Waals surface area contributed by atoms with Crippen LogP contribution in [0, 0.1) is 0 Å². The monoisotopic (exact) mass is 326 g/mol. The Morgan fingerprint density at radius 3 is 2.58 bits per heavy atom. The summed E-state index contributed by atoms with van der Waals surface area (Å²) in [6, 6.07) is 15.5. The van der Waals surface area contributed by atoms with Gasteiger partial charge in [-0.15, -0.1) is 0 Å². The molecule has 1 fully saturated rings. The molecule has 3 rings (SSSR count). The number of pyridine rings is 1. The van der Waals surface area contributed by atoms with Crippen molar-refractivity contribution >= 4 is 11.8 Å². The second-order valence-electron chi connectivity index (χ2n) is 5.98. The van der Waals surface area contributed by atoms with Gasteiger partial charge in [-0.2, -0.15) is 0 Å². The molecule has 2 aromatic rings. The van der Waals surface area contributed by atoms with E-state index in [1.165, 1.54) is 11.6 Å². The number of hydrogen-bond donors (Lipinski definition) is 1. The zero-order valence-corrected chi connectivity index (χ0v) is 13.6. The molecule has 1 aliphatic heterocycles. The highest BCUT2D eigenvalue weighted by molar-refractivity contribution is 5.85. The summed E-state index contributed by atoms with van der Waals surface area (Å²) in [5.41, 5.74) is 1.39. The molecule has 5 heteroatoms. The van der Waals surface area contributed by atoms with Crippen LogP contribution in [0.25, 0.3) is 0 Å². The van der Waals surface area contributed by atoms with Crippen LogP contribution in [0.3, 0.4) is 0 Å². The van der Waals surface area contributed by atoms with Crippen LogP contribution in [0.15, 0.2) is 48.5 Å². The van der Waals surface area contributed by atoms with E-state index < -0.39 is 5.97 Å². The van der Waals surface area contributed by atoms with E-state index in [-0.39, 0.29) is 11.8 Å². The van der Waals surface area contributed by atoms with Gasteiger partial charge in [-0.25, -0.2) is 9.78 Å². The smallest absolute Gasteiger partial charge is 0.354 e. The Kier molecular flexibility index (Phi) is 5.43. The average Bonchev–Trinajstić information content (AvgIpc) is 2.63. The van der Waals surface area contributed by atoms with Gasteiger partial charge in [0.1, 0.15) is 5.82 Å². The van der Waals surface area contributed by atoms with Crippen LogP contribution < -0.4 is 4.90 Å². The highest BCUT2D eigenvalue weighted by atomic mass is 16.5. The number of rotatable bonds is 6. The molecule has 5 nitrogen and oxygen atoms in total. The Morgan fingerprint density at radius 2 is 1.88 bits per heavy atom. The third-order valence-electron chi connectivity index (χ3n) is 4.31. The van der Waals surface area contributed by atoms with Gasteiger partial charge in [0.05, 0.1) is 12.7 Å². The molecule has 0 spiro atoms. The molecule has 1 aliphatic rings. The molecule has 0 bridgehead atoms. The van der Waals surface area contributed by atoms with Crippen molar-refractivity contribution in [3.8, 4) is 0 Å². The lowest BCUT2D eigenvalue weighted by Crippen LogP contribution is -2.37. The van der Waals surface area contributed by atoms with Crippen LogP contribution >= 0.6 is 0 Å². The maximum Gasteiger partial charge on any atom is 0.354 e. The van der Waals surface area contributed by atoms with Crippen LogP contribution in [0.4, 0.5) is 5.82 Å². The quantitative estimate of drug-likeness (QED) is 0.884. The first-order valence-electron chi connectivity index (χ1n) is 8.33. The van der Waals surface area contributed by atoms with Crippen LogP contribution in [-0.2, 0) is 11.2 Å². The maximum atomic E-state index is 11.0. The lowest BCUT2D eigenvalue weighted by atomic mass is 10.1. The molecular formula is C19H22N2O3. The molecule has 0 unspecified atom stereocenters. The van der Waals surface area contributed by atoms with E-state index in [2.05, 4.69) is 22.0 Å². The molecule has 2 heterocycles. The van der Waals surface area contributed by atoms with Gasteiger partial charge in [-0.3, -0.25) is 0 Å². The molecule has 0 radical (unpaired) electrons. The second kappa shape index (κ2) is 7.93. The average molecular weight is 326 g/mol. The first kappa shape index (κ1) is 16.5. The van der Waals surface area contributed by atoms with Gasteiger partial charge < -0.3 is 14.7 Å². The highest BCUT2D eigenvalue weighted by Gasteiger charge is 2.21. The minimum absolute atomic E-state index is 0.0914. The van der Waals surface area contributed by atoms with Crippen molar-refractivity contribution in [3.63, 3.8) is 0 Å². The molecule has 126 valence electrons. The standard InChI is InChI=1S/C19H22N2O3/c22-19(23)17-7-4-8-18(20-17)21-12-9-16(10-13-21)24-14-11-15-5-2-1-3-6-15/h1-8,16H,9-14H2,(H,22,23). The zero-order valence-electron chi connectivity index (χ0n) is 13.6. The van der Waals surface area contributed by atoms with Crippen LogP contribution in [0.1, 0.15) is 28.9 Å². The fraction of sp³-hybridized carbons (Fsp3) is 0.368. The number of aromatic nitrogens is 1. The Hall–Kier alpha value is -2.40. The minimum atomic E-state index is -0.990. The summed E-state index contributed by atoms with van der Waals surface area (Å²) in [6.45, 7) is 2.42. The maximum absolute atomic E-state index is 11.0. The van der Waals surface area contributed by atoms with Gasteiger partial charge in [0.15, 0.2) is 5.69 Å². The van der Waals surface area contributed by atoms with Gasteiger partial charge in [0.2, 0.25) is 0 Å². The van der Waals surface area contributed by atoms with Gasteiger partial charge in [-0.1, -0.05) is 36.4 Å². The van der Waals surface area contributed by atoms with E-state index in [1.807, 2.05) is 24.3 Å². The predicted octanol–water partition coefficient (Wildman–Crippen LogP) is 3.01. The molecule has 0 saturated carbocycles. The number of piperidine rings is 1. The van der Waals surface area contributed by atoms with Crippen molar-refractivity contribution in [3.05, 3.63) is 59.8 Å². The topological polar surface area (TPSA) is 62.7 Å². The van der Waals surface area contributed by atoms with Crippen LogP contribution in [0.2, 0.25) is 0 Å². The fourth-order valence-electron chi connectivity index (χ4n) is 2.96. The summed E-state index contributed by atoms with van der Waals surface area (Å²) in [4.78, 5) is 17.4. The first-order valence-corrected chi connectivity index (χ1v) is 8.33. The SMILES string of the molecule is O=C(O)c1cccc(N2CCC(OCCc3ccccc3)CC2)n1. The van der Waals surface area contributed by atoms with Crippen LogP contribution in [-0.4, -0.2) is 41.9 Å². The van der Waals surface area contributed by atoms with E-state index in [0.717, 1.165) is 44.8 Å². The number of ether oxygens (including phenoxy) is 1. The van der Waals surface area contributed by atoms with Crippen LogP contribution in [0.5, 0.6) is 0 Å². The number of benzene rings is 1. The Bertz CT molecular complexity index is 667. The van der Waals surface area contributed by atoms with Gasteiger partial charge in [0, 0.05) is 13.1 Å². The molecule has 1 saturated heterocycles. The molecule has 0 atom stereocenters. The largest absolute Gasteiger partial charge is 0.477 e. The lowest BCUT2D eigenvalue weighted by Gasteiger charge is -2.32. The predicted molar refractivity (Wildman–Crippen MR) is 92.5 cm³/mol. The molecular weight excluding hydrogens is 304 g/mol. The van der Waals surface area contributed by atoms with E-state index in [4.69, 9.17) is 9.84 Å². The normalized spacial score (nSPS) is 15.4. The number of carboxylic acid groups (broad SMARTS) is 1. The number of hydrogen-bond acceptors (Lipinski definition) is 4. The van der Waals surface area contributed by atoms with Crippen molar-refractivity contribution in [1.29, 1.82) is 0 Å². The number of carboxylic acids is 1. The summed E-state index contributed by atoms with van der Waals surface area (Å²) in [6.07, 6.45) is 3.08.